The van der Waals surface area contributed by atoms with Gasteiger partial charge in [0.15, 0.2) is 5.75 Å². The molecule has 5 nitrogen and oxygen atoms in total. The lowest BCUT2D eigenvalue weighted by molar-refractivity contribution is 0.314. The summed E-state index contributed by atoms with van der Waals surface area (Å²) >= 11 is 0. The average molecular weight is 309 g/mol. The number of fused-ring (bicyclic) bond motifs is 1. The number of ether oxygens (including phenoxy) is 1. The number of hydrogen-bond donors (Lipinski definition) is 1. The summed E-state index contributed by atoms with van der Waals surface area (Å²) < 4.78 is 4.98. The molecule has 3 rings (SSSR count). The molecule has 23 heavy (non-hydrogen) atoms. The molecule has 0 saturated heterocycles. The van der Waals surface area contributed by atoms with Crippen LogP contribution in [0.1, 0.15) is 11.3 Å². The van der Waals surface area contributed by atoms with Crippen LogP contribution in [0.25, 0.3) is 10.9 Å². The maximum Gasteiger partial charge on any atom is 0.223 e. The van der Waals surface area contributed by atoms with Crippen LogP contribution in [0.3, 0.4) is 0 Å². The van der Waals surface area contributed by atoms with Gasteiger partial charge in [0.1, 0.15) is 0 Å². The maximum atomic E-state index is 11.8. The predicted molar refractivity (Wildman–Crippen MR) is 90.5 cm³/mol. The van der Waals surface area contributed by atoms with Crippen LogP contribution in [-0.4, -0.2) is 29.0 Å². The van der Waals surface area contributed by atoms with Crippen molar-refractivity contribution in [3.05, 3.63) is 70.3 Å². The summed E-state index contributed by atoms with van der Waals surface area (Å²) in [5, 5.41) is 1.14. The van der Waals surface area contributed by atoms with E-state index in [0.717, 1.165) is 28.7 Å². The zero-order chi connectivity index (χ0) is 16.2. The minimum atomic E-state index is -0.109. The summed E-state index contributed by atoms with van der Waals surface area (Å²) in [5.41, 5.74) is 2.88. The van der Waals surface area contributed by atoms with Crippen LogP contribution >= 0.6 is 0 Å². The van der Waals surface area contributed by atoms with Gasteiger partial charge < -0.3 is 9.72 Å². The molecule has 0 aliphatic rings. The molecule has 0 atom stereocenters. The number of nitrogens with zero attached hydrogens (tertiary/aromatic N) is 2. The van der Waals surface area contributed by atoms with Gasteiger partial charge in [0.2, 0.25) is 5.43 Å². The molecule has 2 aromatic heterocycles. The molecule has 1 aromatic carbocycles. The van der Waals surface area contributed by atoms with E-state index in [-0.39, 0.29) is 5.43 Å². The fourth-order valence-corrected chi connectivity index (χ4v) is 2.61. The number of rotatable bonds is 5. The minimum absolute atomic E-state index is 0.109. The van der Waals surface area contributed by atoms with E-state index in [2.05, 4.69) is 27.0 Å². The molecule has 0 fully saturated rings. The zero-order valence-electron chi connectivity index (χ0n) is 13.2. The van der Waals surface area contributed by atoms with E-state index in [1.807, 2.05) is 31.4 Å². The highest BCUT2D eigenvalue weighted by atomic mass is 16.5. The van der Waals surface area contributed by atoms with Gasteiger partial charge in [-0.2, -0.15) is 0 Å². The van der Waals surface area contributed by atoms with Gasteiger partial charge in [-0.15, -0.1) is 0 Å². The molecule has 0 unspecified atom stereocenters. The van der Waals surface area contributed by atoms with Crippen LogP contribution < -0.4 is 10.2 Å². The molecule has 118 valence electrons. The van der Waals surface area contributed by atoms with Gasteiger partial charge in [-0.1, -0.05) is 18.2 Å². The lowest BCUT2D eigenvalue weighted by Crippen LogP contribution is -2.19. The Kier molecular flexibility index (Phi) is 4.39. The molecule has 5 heteroatoms. The minimum Gasteiger partial charge on any atom is -0.491 e. The largest absolute Gasteiger partial charge is 0.491 e. The molecule has 0 aliphatic heterocycles. The molecule has 3 aromatic rings. The van der Waals surface area contributed by atoms with Crippen molar-refractivity contribution in [3.8, 4) is 5.75 Å². The Morgan fingerprint density at radius 3 is 2.83 bits per heavy atom. The highest BCUT2D eigenvalue weighted by molar-refractivity contribution is 5.78. The van der Waals surface area contributed by atoms with Gasteiger partial charge >= 0.3 is 0 Å². The van der Waals surface area contributed by atoms with Crippen molar-refractivity contribution in [1.29, 1.82) is 0 Å². The molecule has 0 saturated carbocycles. The van der Waals surface area contributed by atoms with Gasteiger partial charge in [-0.05, 0) is 24.7 Å². The van der Waals surface area contributed by atoms with E-state index in [1.54, 1.807) is 12.3 Å². The number of benzene rings is 1. The van der Waals surface area contributed by atoms with Crippen molar-refractivity contribution < 1.29 is 4.74 Å². The summed E-state index contributed by atoms with van der Waals surface area (Å²) in [6.45, 7) is 1.40. The molecular weight excluding hydrogens is 290 g/mol. The normalized spacial score (nSPS) is 11.1. The van der Waals surface area contributed by atoms with Crippen LogP contribution in [0.5, 0.6) is 5.75 Å². The molecule has 2 heterocycles. The summed E-state index contributed by atoms with van der Waals surface area (Å²) in [6.07, 6.45) is 3.50. The molecular formula is C18H19N3O2. The van der Waals surface area contributed by atoms with Crippen molar-refractivity contribution in [2.75, 3.05) is 14.2 Å². The van der Waals surface area contributed by atoms with Gasteiger partial charge in [-0.25, -0.2) is 0 Å². The average Bonchev–Trinajstić information content (AvgIpc) is 2.55. The fraction of sp³-hybridized carbons (Fsp3) is 0.222. The third-order valence-corrected chi connectivity index (χ3v) is 3.70. The molecule has 0 radical (unpaired) electrons. The van der Waals surface area contributed by atoms with E-state index in [9.17, 15) is 4.79 Å². The fourth-order valence-electron chi connectivity index (χ4n) is 2.61. The summed E-state index contributed by atoms with van der Waals surface area (Å²) in [5.74, 6) is 0.329. The summed E-state index contributed by atoms with van der Waals surface area (Å²) in [6, 6.07) is 11.8. The third kappa shape index (κ3) is 3.57. The highest BCUT2D eigenvalue weighted by Crippen LogP contribution is 2.14. The third-order valence-electron chi connectivity index (χ3n) is 3.70. The Labute approximate surface area is 134 Å². The van der Waals surface area contributed by atoms with Gasteiger partial charge in [0.05, 0.1) is 12.6 Å². The van der Waals surface area contributed by atoms with E-state index in [4.69, 9.17) is 4.74 Å². The lowest BCUT2D eigenvalue weighted by atomic mass is 10.1. The Balaban J connectivity index is 1.71. The van der Waals surface area contributed by atoms with Crippen molar-refractivity contribution >= 4 is 10.9 Å². The maximum absolute atomic E-state index is 11.8. The van der Waals surface area contributed by atoms with E-state index in [0.29, 0.717) is 12.3 Å². The number of H-pyrrole nitrogens is 1. The quantitative estimate of drug-likeness (QED) is 0.787. The monoisotopic (exact) mass is 309 g/mol. The number of pyridine rings is 2. The number of aromatic amines is 1. The Bertz CT molecular complexity index is 873. The first-order valence-electron chi connectivity index (χ1n) is 7.43. The predicted octanol–water partition coefficient (Wildman–Crippen LogP) is 2.56. The SMILES string of the molecule is COc1c[nH]c(CN(C)Cc2cnc3ccccc3c2)cc1=O. The van der Waals surface area contributed by atoms with E-state index < -0.39 is 0 Å². The first-order chi connectivity index (χ1) is 11.2. The Hall–Kier alpha value is -2.66. The molecule has 0 aliphatic carbocycles. The van der Waals surface area contributed by atoms with Crippen LogP contribution in [0.2, 0.25) is 0 Å². The van der Waals surface area contributed by atoms with Crippen molar-refractivity contribution in [2.24, 2.45) is 0 Å². The standard InChI is InChI=1S/C18H19N3O2/c1-21(12-15-8-17(22)18(23-2)10-19-15)11-13-7-14-5-3-4-6-16(14)20-9-13/h3-10H,11-12H2,1-2H3,(H,19,22). The topological polar surface area (TPSA) is 58.2 Å². The Morgan fingerprint density at radius 2 is 2.04 bits per heavy atom. The van der Waals surface area contributed by atoms with E-state index >= 15 is 0 Å². The second kappa shape index (κ2) is 6.62. The number of para-hydroxylation sites is 1. The molecule has 1 N–H and O–H groups in total. The van der Waals surface area contributed by atoms with Crippen molar-refractivity contribution in [2.45, 2.75) is 13.1 Å². The zero-order valence-corrected chi connectivity index (χ0v) is 13.2. The number of nitrogens with one attached hydrogen (secondary N) is 1. The van der Waals surface area contributed by atoms with Gasteiger partial charge in [0, 0.05) is 42.6 Å². The summed E-state index contributed by atoms with van der Waals surface area (Å²) in [4.78, 5) is 21.5. The molecule has 0 bridgehead atoms. The first-order valence-corrected chi connectivity index (χ1v) is 7.43. The second-order valence-electron chi connectivity index (χ2n) is 5.60. The number of methoxy groups -OCH3 is 1. The second-order valence-corrected chi connectivity index (χ2v) is 5.60. The Morgan fingerprint density at radius 1 is 1.22 bits per heavy atom. The van der Waals surface area contributed by atoms with Crippen LogP contribution in [0.15, 0.2) is 53.6 Å². The molecule has 0 amide bonds. The highest BCUT2D eigenvalue weighted by Gasteiger charge is 2.06. The van der Waals surface area contributed by atoms with Crippen molar-refractivity contribution in [1.82, 2.24) is 14.9 Å². The van der Waals surface area contributed by atoms with E-state index in [1.165, 1.54) is 7.11 Å². The van der Waals surface area contributed by atoms with Crippen molar-refractivity contribution in [3.63, 3.8) is 0 Å². The van der Waals surface area contributed by atoms with Gasteiger partial charge in [-0.3, -0.25) is 14.7 Å². The van der Waals surface area contributed by atoms with Crippen LogP contribution in [-0.2, 0) is 13.1 Å². The summed E-state index contributed by atoms with van der Waals surface area (Å²) in [7, 11) is 3.50. The smallest absolute Gasteiger partial charge is 0.223 e. The number of hydrogen-bond acceptors (Lipinski definition) is 4. The van der Waals surface area contributed by atoms with Crippen LogP contribution in [0.4, 0.5) is 0 Å². The van der Waals surface area contributed by atoms with Crippen LogP contribution in [0, 0.1) is 0 Å². The number of aromatic nitrogens is 2. The molecule has 0 spiro atoms. The van der Waals surface area contributed by atoms with Gasteiger partial charge in [0.25, 0.3) is 0 Å². The first kappa shape index (κ1) is 15.2. The lowest BCUT2D eigenvalue weighted by Gasteiger charge is -2.17.